The summed E-state index contributed by atoms with van der Waals surface area (Å²) >= 11 is 6.27. The summed E-state index contributed by atoms with van der Waals surface area (Å²) in [6.45, 7) is 0. The number of rotatable bonds is 4. The third kappa shape index (κ3) is 4.58. The van der Waals surface area contributed by atoms with Crippen molar-refractivity contribution in [2.45, 2.75) is 18.4 Å². The van der Waals surface area contributed by atoms with Crippen LogP contribution in [0.1, 0.15) is 27.8 Å². The highest BCUT2D eigenvalue weighted by molar-refractivity contribution is 6.30. The number of hydrogen-bond acceptors (Lipinski definition) is 1. The monoisotopic (exact) mass is 548 g/mol. The molecule has 0 radical (unpaired) electrons. The highest BCUT2D eigenvalue weighted by Gasteiger charge is 2.41. The summed E-state index contributed by atoms with van der Waals surface area (Å²) in [5, 5.41) is 14.1. The minimum Gasteiger partial charge on any atom is -0.376 e. The summed E-state index contributed by atoms with van der Waals surface area (Å²) < 4.78 is 0. The van der Waals surface area contributed by atoms with Gasteiger partial charge in [-0.3, -0.25) is 0 Å². The van der Waals surface area contributed by atoms with Crippen molar-refractivity contribution >= 4 is 11.6 Å². The van der Waals surface area contributed by atoms with E-state index in [2.05, 4.69) is 97.1 Å². The Kier molecular flexibility index (Phi) is 6.55. The van der Waals surface area contributed by atoms with E-state index in [-0.39, 0.29) is 0 Å². The van der Waals surface area contributed by atoms with E-state index in [1.165, 1.54) is 0 Å². The van der Waals surface area contributed by atoms with Gasteiger partial charge in [0.2, 0.25) is 0 Å². The molecule has 1 N–H and O–H groups in total. The van der Waals surface area contributed by atoms with Crippen LogP contribution in [0.2, 0.25) is 5.02 Å². The zero-order chi connectivity index (χ0) is 27.8. The second-order valence-corrected chi connectivity index (χ2v) is 11.2. The number of aliphatic hydroxyl groups is 1. The normalized spacial score (nSPS) is 13.6. The van der Waals surface area contributed by atoms with Crippen LogP contribution in [0.3, 0.4) is 0 Å². The van der Waals surface area contributed by atoms with Crippen LogP contribution < -0.4 is 0 Å². The molecule has 7 rings (SSSR count). The van der Waals surface area contributed by atoms with Gasteiger partial charge < -0.3 is 5.11 Å². The molecule has 6 aromatic carbocycles. The Morgan fingerprint density at radius 2 is 0.902 bits per heavy atom. The van der Waals surface area contributed by atoms with Gasteiger partial charge in [0.15, 0.2) is 0 Å². The molecule has 198 valence electrons. The molecule has 0 saturated carbocycles. The van der Waals surface area contributed by atoms with Gasteiger partial charge in [0, 0.05) is 10.6 Å². The number of halogens is 1. The lowest BCUT2D eigenvalue weighted by Crippen LogP contribution is -2.31. The number of hydrogen-bond donors (Lipinski definition) is 1. The molecule has 0 aliphatic heterocycles. The molecule has 0 aromatic heterocycles. The molecular weight excluding hydrogens is 520 g/mol. The minimum absolute atomic E-state index is 0.690. The molecule has 1 aliphatic rings. The lowest BCUT2D eigenvalue weighted by Gasteiger charge is -2.34. The number of fused-ring (bicyclic) bond motifs is 2. The predicted molar refractivity (Wildman–Crippen MR) is 170 cm³/mol. The molecule has 0 spiro atoms. The average molecular weight is 549 g/mol. The molecule has 0 saturated heterocycles. The molecule has 1 aliphatic carbocycles. The summed E-state index contributed by atoms with van der Waals surface area (Å²) in [5.74, 6) is 0. The Morgan fingerprint density at radius 3 is 1.44 bits per heavy atom. The maximum atomic E-state index is 13.4. The van der Waals surface area contributed by atoms with Crippen LogP contribution in [0.4, 0.5) is 0 Å². The van der Waals surface area contributed by atoms with Crippen LogP contribution in [-0.4, -0.2) is 5.11 Å². The van der Waals surface area contributed by atoms with E-state index in [0.29, 0.717) is 5.02 Å². The first kappa shape index (κ1) is 25.5. The van der Waals surface area contributed by atoms with E-state index in [1.54, 1.807) is 0 Å². The summed E-state index contributed by atoms with van der Waals surface area (Å²) in [4.78, 5) is 0. The zero-order valence-electron chi connectivity index (χ0n) is 22.6. The van der Waals surface area contributed by atoms with E-state index in [1.807, 2.05) is 48.5 Å². The molecule has 0 amide bonds. The van der Waals surface area contributed by atoms with Crippen molar-refractivity contribution in [1.82, 2.24) is 0 Å². The average Bonchev–Trinajstić information content (AvgIpc) is 3.16. The molecule has 0 bridgehead atoms. The maximum absolute atomic E-state index is 13.4. The first-order valence-electron chi connectivity index (χ1n) is 14.1. The summed E-state index contributed by atoms with van der Waals surface area (Å²) in [6.07, 6.45) is 1.71. The smallest absolute Gasteiger partial charge is 0.141 e. The third-order valence-electron chi connectivity index (χ3n) is 8.35. The van der Waals surface area contributed by atoms with E-state index in [4.69, 9.17) is 11.6 Å². The Balaban J connectivity index is 1.54. The Labute approximate surface area is 246 Å². The third-order valence-corrected chi connectivity index (χ3v) is 8.60. The molecule has 0 atom stereocenters. The van der Waals surface area contributed by atoms with Gasteiger partial charge in [0.1, 0.15) is 5.60 Å². The largest absolute Gasteiger partial charge is 0.376 e. The van der Waals surface area contributed by atoms with Crippen molar-refractivity contribution in [1.29, 1.82) is 0 Å². The van der Waals surface area contributed by atoms with E-state index in [0.717, 1.165) is 74.0 Å². The summed E-state index contributed by atoms with van der Waals surface area (Å²) in [7, 11) is 0. The fourth-order valence-corrected chi connectivity index (χ4v) is 6.39. The van der Waals surface area contributed by atoms with Gasteiger partial charge in [-0.25, -0.2) is 0 Å². The van der Waals surface area contributed by atoms with E-state index in [9.17, 15) is 5.11 Å². The molecule has 0 unspecified atom stereocenters. The topological polar surface area (TPSA) is 20.2 Å². The quantitative estimate of drug-likeness (QED) is 0.232. The van der Waals surface area contributed by atoms with Crippen LogP contribution in [-0.2, 0) is 18.4 Å². The van der Waals surface area contributed by atoms with Gasteiger partial charge >= 0.3 is 0 Å². The number of aryl methyl sites for hydroxylation is 2. The summed E-state index contributed by atoms with van der Waals surface area (Å²) in [6, 6.07) is 50.1. The van der Waals surface area contributed by atoms with E-state index >= 15 is 0 Å². The highest BCUT2D eigenvalue weighted by Crippen LogP contribution is 2.47. The molecular formula is C39H29ClO. The maximum Gasteiger partial charge on any atom is 0.141 e. The van der Waals surface area contributed by atoms with Gasteiger partial charge in [-0.2, -0.15) is 0 Å². The van der Waals surface area contributed by atoms with Crippen molar-refractivity contribution in [2.75, 3.05) is 0 Å². The SMILES string of the molecule is OC1(c2ccccc2-c2ccc(Cl)cc2)c2cc(-c3ccccc3)ccc2CCc2ccc(-c3ccccc3)cc21. The van der Waals surface area contributed by atoms with Crippen molar-refractivity contribution in [3.05, 3.63) is 178 Å². The fraction of sp³-hybridized carbons (Fsp3) is 0.0769. The van der Waals surface area contributed by atoms with Crippen molar-refractivity contribution in [2.24, 2.45) is 0 Å². The van der Waals surface area contributed by atoms with Crippen LogP contribution in [0, 0.1) is 0 Å². The standard InChI is InChI=1S/C39H29ClO/c40-34-23-21-29(22-24-34)35-13-7-8-14-36(35)39(41)37-25-32(27-9-3-1-4-10-27)19-17-30(37)15-16-31-18-20-33(26-38(31)39)28-11-5-2-6-12-28/h1-14,17-26,41H,15-16H2. The Hall–Kier alpha value is -4.43. The van der Waals surface area contributed by atoms with Crippen LogP contribution >= 0.6 is 11.6 Å². The van der Waals surface area contributed by atoms with Gasteiger partial charge in [-0.05, 0) is 92.7 Å². The molecule has 1 nitrogen and oxygen atoms in total. The van der Waals surface area contributed by atoms with Gasteiger partial charge in [0.05, 0.1) is 0 Å². The second kappa shape index (κ2) is 10.5. The molecule has 41 heavy (non-hydrogen) atoms. The van der Waals surface area contributed by atoms with E-state index < -0.39 is 5.60 Å². The Morgan fingerprint density at radius 1 is 0.439 bits per heavy atom. The van der Waals surface area contributed by atoms with Gasteiger partial charge in [0.25, 0.3) is 0 Å². The first-order chi connectivity index (χ1) is 20.1. The lowest BCUT2D eigenvalue weighted by atomic mass is 9.74. The second-order valence-electron chi connectivity index (χ2n) is 10.7. The van der Waals surface area contributed by atoms with Crippen LogP contribution in [0.5, 0.6) is 0 Å². The van der Waals surface area contributed by atoms with Gasteiger partial charge in [-0.1, -0.05) is 133 Å². The highest BCUT2D eigenvalue weighted by atomic mass is 35.5. The molecule has 0 heterocycles. The number of benzene rings is 6. The Bertz CT molecular complexity index is 1750. The van der Waals surface area contributed by atoms with Crippen molar-refractivity contribution in [3.63, 3.8) is 0 Å². The van der Waals surface area contributed by atoms with Crippen molar-refractivity contribution < 1.29 is 5.11 Å². The lowest BCUT2D eigenvalue weighted by molar-refractivity contribution is 0.125. The predicted octanol–water partition coefficient (Wildman–Crippen LogP) is 9.72. The van der Waals surface area contributed by atoms with Crippen LogP contribution in [0.15, 0.2) is 146 Å². The van der Waals surface area contributed by atoms with Crippen LogP contribution in [0.25, 0.3) is 33.4 Å². The molecule has 2 heteroatoms. The summed E-state index contributed by atoms with van der Waals surface area (Å²) in [5.41, 5.74) is 10.1. The zero-order valence-corrected chi connectivity index (χ0v) is 23.4. The van der Waals surface area contributed by atoms with Gasteiger partial charge in [-0.15, -0.1) is 0 Å². The first-order valence-corrected chi connectivity index (χ1v) is 14.4. The van der Waals surface area contributed by atoms with Crippen molar-refractivity contribution in [3.8, 4) is 33.4 Å². The fourth-order valence-electron chi connectivity index (χ4n) is 6.27. The molecule has 6 aromatic rings. The minimum atomic E-state index is -1.38. The molecule has 0 fully saturated rings.